The summed E-state index contributed by atoms with van der Waals surface area (Å²) in [5.74, 6) is -1.28. The molecule has 0 radical (unpaired) electrons. The molecule has 2 N–H and O–H groups in total. The third kappa shape index (κ3) is 3.87. The van der Waals surface area contributed by atoms with Crippen LogP contribution in [0.15, 0.2) is 60.7 Å². The fourth-order valence-corrected chi connectivity index (χ4v) is 1.99. The number of carbonyl (C=O) groups excluding carboxylic acids is 2. The first-order valence-electron chi connectivity index (χ1n) is 6.29. The number of amides is 2. The van der Waals surface area contributed by atoms with Gasteiger partial charge in [0.15, 0.2) is 0 Å². The SMILES string of the molecule is C=C(C(=O)Nc1ccccc1Cl)C(=O)Nc1ccccc1Cl. The number of nitrogens with one attached hydrogen (secondary N) is 2. The molecule has 0 fully saturated rings. The summed E-state index contributed by atoms with van der Waals surface area (Å²) in [6, 6.07) is 13.4. The van der Waals surface area contributed by atoms with Crippen LogP contribution in [0.1, 0.15) is 0 Å². The van der Waals surface area contributed by atoms with Gasteiger partial charge in [-0.15, -0.1) is 0 Å². The average Bonchev–Trinajstić information content (AvgIpc) is 2.51. The zero-order valence-electron chi connectivity index (χ0n) is 11.4. The summed E-state index contributed by atoms with van der Waals surface area (Å²) in [4.78, 5) is 24.0. The summed E-state index contributed by atoms with van der Waals surface area (Å²) in [5.41, 5.74) is 0.557. The van der Waals surface area contributed by atoms with Crippen molar-refractivity contribution in [3.63, 3.8) is 0 Å². The summed E-state index contributed by atoms with van der Waals surface area (Å²) in [5, 5.41) is 5.80. The van der Waals surface area contributed by atoms with E-state index < -0.39 is 11.8 Å². The molecule has 4 nitrogen and oxygen atoms in total. The molecule has 0 saturated carbocycles. The van der Waals surface area contributed by atoms with E-state index in [9.17, 15) is 9.59 Å². The van der Waals surface area contributed by atoms with Crippen LogP contribution in [0.5, 0.6) is 0 Å². The highest BCUT2D eigenvalue weighted by Crippen LogP contribution is 2.22. The Hall–Kier alpha value is -2.30. The minimum atomic E-state index is -0.641. The van der Waals surface area contributed by atoms with Gasteiger partial charge < -0.3 is 10.6 Å². The Balaban J connectivity index is 2.05. The molecule has 0 aliphatic carbocycles. The number of para-hydroxylation sites is 2. The van der Waals surface area contributed by atoms with Crippen LogP contribution < -0.4 is 10.6 Å². The van der Waals surface area contributed by atoms with Gasteiger partial charge in [-0.1, -0.05) is 54.0 Å². The van der Waals surface area contributed by atoms with Gasteiger partial charge in [0.25, 0.3) is 11.8 Å². The van der Waals surface area contributed by atoms with Crippen LogP contribution in [-0.2, 0) is 9.59 Å². The van der Waals surface area contributed by atoms with Crippen LogP contribution in [0.25, 0.3) is 0 Å². The van der Waals surface area contributed by atoms with E-state index in [2.05, 4.69) is 17.2 Å². The molecule has 6 heteroatoms. The first-order chi connectivity index (χ1) is 10.5. The predicted octanol–water partition coefficient (Wildman–Crippen LogP) is 4.13. The van der Waals surface area contributed by atoms with Crippen molar-refractivity contribution < 1.29 is 9.59 Å². The van der Waals surface area contributed by atoms with Crippen LogP contribution in [0, 0.1) is 0 Å². The smallest absolute Gasteiger partial charge is 0.260 e. The Morgan fingerprint density at radius 3 is 1.50 bits per heavy atom. The summed E-state index contributed by atoms with van der Waals surface area (Å²) in [6.45, 7) is 3.50. The minimum Gasteiger partial charge on any atom is -0.320 e. The summed E-state index contributed by atoms with van der Waals surface area (Å²) < 4.78 is 0. The highest BCUT2D eigenvalue weighted by Gasteiger charge is 2.17. The van der Waals surface area contributed by atoms with Gasteiger partial charge in [0.2, 0.25) is 0 Å². The van der Waals surface area contributed by atoms with E-state index >= 15 is 0 Å². The number of anilines is 2. The van der Waals surface area contributed by atoms with E-state index in [1.54, 1.807) is 48.5 Å². The maximum absolute atomic E-state index is 12.0. The van der Waals surface area contributed by atoms with E-state index in [0.29, 0.717) is 21.4 Å². The minimum absolute atomic E-state index is 0.250. The topological polar surface area (TPSA) is 58.2 Å². The Bertz CT molecular complexity index is 683. The second-order valence-electron chi connectivity index (χ2n) is 4.35. The molecule has 22 heavy (non-hydrogen) atoms. The van der Waals surface area contributed by atoms with Crippen molar-refractivity contribution in [2.45, 2.75) is 0 Å². The van der Waals surface area contributed by atoms with Gasteiger partial charge in [0, 0.05) is 0 Å². The van der Waals surface area contributed by atoms with Crippen LogP contribution in [0.2, 0.25) is 10.0 Å². The van der Waals surface area contributed by atoms with Crippen molar-refractivity contribution in [2.75, 3.05) is 10.6 Å². The summed E-state index contributed by atoms with van der Waals surface area (Å²) >= 11 is 11.9. The second-order valence-corrected chi connectivity index (χ2v) is 5.16. The molecule has 0 aliphatic rings. The molecule has 112 valence electrons. The van der Waals surface area contributed by atoms with E-state index in [-0.39, 0.29) is 5.57 Å². The van der Waals surface area contributed by atoms with Crippen LogP contribution >= 0.6 is 23.2 Å². The third-order valence-corrected chi connectivity index (χ3v) is 3.45. The molecular formula is C16H12Cl2N2O2. The number of carbonyl (C=O) groups is 2. The van der Waals surface area contributed by atoms with Gasteiger partial charge in [-0.2, -0.15) is 0 Å². The predicted molar refractivity (Wildman–Crippen MR) is 89.3 cm³/mol. The normalized spacial score (nSPS) is 9.91. The Kier molecular flexibility index (Phi) is 5.20. The van der Waals surface area contributed by atoms with Gasteiger partial charge >= 0.3 is 0 Å². The zero-order valence-corrected chi connectivity index (χ0v) is 12.9. The molecule has 0 aliphatic heterocycles. The molecule has 0 bridgehead atoms. The fraction of sp³-hybridized carbons (Fsp3) is 0. The van der Waals surface area contributed by atoms with Crippen molar-refractivity contribution in [1.82, 2.24) is 0 Å². The highest BCUT2D eigenvalue weighted by molar-refractivity contribution is 6.36. The summed E-state index contributed by atoms with van der Waals surface area (Å²) in [7, 11) is 0. The Morgan fingerprint density at radius 2 is 1.14 bits per heavy atom. The van der Waals surface area contributed by atoms with Crippen molar-refractivity contribution in [3.05, 3.63) is 70.7 Å². The molecule has 2 amide bonds. The number of hydrogen-bond acceptors (Lipinski definition) is 2. The Labute approximate surface area is 137 Å². The first-order valence-corrected chi connectivity index (χ1v) is 7.05. The van der Waals surface area contributed by atoms with Crippen LogP contribution in [0.4, 0.5) is 11.4 Å². The fourth-order valence-electron chi connectivity index (χ4n) is 1.62. The van der Waals surface area contributed by atoms with Gasteiger partial charge in [-0.25, -0.2) is 0 Å². The molecule has 0 saturated heterocycles. The molecule has 0 atom stereocenters. The van der Waals surface area contributed by atoms with Crippen molar-refractivity contribution >= 4 is 46.4 Å². The Morgan fingerprint density at radius 1 is 0.773 bits per heavy atom. The standard InChI is InChI=1S/C16H12Cl2N2O2/c1-10(15(21)19-13-8-4-2-6-11(13)17)16(22)20-14-9-5-3-7-12(14)18/h2-9H,1H2,(H,19,21)(H,20,22). The number of halogens is 2. The first kappa shape index (κ1) is 16.1. The lowest BCUT2D eigenvalue weighted by Crippen LogP contribution is -2.24. The van der Waals surface area contributed by atoms with Gasteiger partial charge in [-0.05, 0) is 24.3 Å². The lowest BCUT2D eigenvalue weighted by Gasteiger charge is -2.10. The van der Waals surface area contributed by atoms with Crippen molar-refractivity contribution in [1.29, 1.82) is 0 Å². The molecule has 0 spiro atoms. The number of hydrogen-bond donors (Lipinski definition) is 2. The molecule has 0 aromatic heterocycles. The number of rotatable bonds is 4. The molecule has 0 heterocycles. The van der Waals surface area contributed by atoms with Crippen molar-refractivity contribution in [3.8, 4) is 0 Å². The van der Waals surface area contributed by atoms with Gasteiger partial charge in [0.1, 0.15) is 0 Å². The molecule has 2 aromatic carbocycles. The zero-order chi connectivity index (χ0) is 16.1. The molecule has 0 unspecified atom stereocenters. The van der Waals surface area contributed by atoms with Gasteiger partial charge in [0.05, 0.1) is 27.0 Å². The highest BCUT2D eigenvalue weighted by atomic mass is 35.5. The van der Waals surface area contributed by atoms with E-state index in [1.165, 1.54) is 0 Å². The molecule has 2 rings (SSSR count). The maximum Gasteiger partial charge on any atom is 0.260 e. The third-order valence-electron chi connectivity index (χ3n) is 2.79. The quantitative estimate of drug-likeness (QED) is 0.501. The molecule has 2 aromatic rings. The monoisotopic (exact) mass is 334 g/mol. The average molecular weight is 335 g/mol. The summed E-state index contributed by atoms with van der Waals surface area (Å²) in [6.07, 6.45) is 0. The number of benzene rings is 2. The maximum atomic E-state index is 12.0. The molecular weight excluding hydrogens is 323 g/mol. The van der Waals surface area contributed by atoms with Crippen LogP contribution in [-0.4, -0.2) is 11.8 Å². The van der Waals surface area contributed by atoms with Gasteiger partial charge in [-0.3, -0.25) is 9.59 Å². The van der Waals surface area contributed by atoms with E-state index in [1.807, 2.05) is 0 Å². The van der Waals surface area contributed by atoms with E-state index in [4.69, 9.17) is 23.2 Å². The lowest BCUT2D eigenvalue weighted by molar-refractivity contribution is -0.118. The van der Waals surface area contributed by atoms with E-state index in [0.717, 1.165) is 0 Å². The van der Waals surface area contributed by atoms with Crippen molar-refractivity contribution in [2.24, 2.45) is 0 Å². The lowest BCUT2D eigenvalue weighted by atomic mass is 10.2. The second kappa shape index (κ2) is 7.11. The largest absolute Gasteiger partial charge is 0.320 e. The van der Waals surface area contributed by atoms with Crippen LogP contribution in [0.3, 0.4) is 0 Å².